The highest BCUT2D eigenvalue weighted by atomic mass is 16.5. The van der Waals surface area contributed by atoms with Gasteiger partial charge in [0.2, 0.25) is 0 Å². The average Bonchev–Trinajstić information content (AvgIpc) is 3.27. The molecule has 0 saturated carbocycles. The number of ether oxygens (including phenoxy) is 1. The second-order valence-electron chi connectivity index (χ2n) is 8.67. The summed E-state index contributed by atoms with van der Waals surface area (Å²) in [6.45, 7) is 8.54. The topological polar surface area (TPSA) is 38.5 Å². The maximum Gasteiger partial charge on any atom is 0.131 e. The summed E-state index contributed by atoms with van der Waals surface area (Å²) in [6.07, 6.45) is 7.40. The van der Waals surface area contributed by atoms with Gasteiger partial charge in [-0.1, -0.05) is 53.4 Å². The van der Waals surface area contributed by atoms with Crippen LogP contribution in [0.4, 0.5) is 0 Å². The van der Waals surface area contributed by atoms with E-state index in [2.05, 4.69) is 80.1 Å². The maximum atomic E-state index is 6.04. The number of aromatic nitrogens is 1. The van der Waals surface area contributed by atoms with E-state index in [-0.39, 0.29) is 5.41 Å². The van der Waals surface area contributed by atoms with Gasteiger partial charge in [0.25, 0.3) is 0 Å². The van der Waals surface area contributed by atoms with Crippen LogP contribution in [0.15, 0.2) is 77.7 Å². The SMILES string of the molecule is CN(CC=CC#CC(C)(C)C)Cc1cccc(OCc2cccc(-c3cnoc3)c2)c1. The molecular formula is C27H30N2O2. The molecule has 3 rings (SSSR count). The van der Waals surface area contributed by atoms with E-state index in [0.717, 1.165) is 35.5 Å². The van der Waals surface area contributed by atoms with Crippen molar-refractivity contribution in [3.05, 3.63) is 84.3 Å². The lowest BCUT2D eigenvalue weighted by atomic mass is 9.98. The zero-order chi connectivity index (χ0) is 22.1. The summed E-state index contributed by atoms with van der Waals surface area (Å²) < 4.78 is 11.0. The first-order valence-electron chi connectivity index (χ1n) is 10.5. The van der Waals surface area contributed by atoms with Crippen molar-refractivity contribution in [1.29, 1.82) is 0 Å². The van der Waals surface area contributed by atoms with Gasteiger partial charge in [-0.3, -0.25) is 4.90 Å². The monoisotopic (exact) mass is 414 g/mol. The van der Waals surface area contributed by atoms with E-state index in [1.807, 2.05) is 30.3 Å². The lowest BCUT2D eigenvalue weighted by Crippen LogP contribution is -2.17. The molecule has 0 fully saturated rings. The summed E-state index contributed by atoms with van der Waals surface area (Å²) in [5, 5.41) is 3.77. The molecule has 0 amide bonds. The van der Waals surface area contributed by atoms with Gasteiger partial charge in [0.05, 0.1) is 6.20 Å². The third kappa shape index (κ3) is 7.81. The van der Waals surface area contributed by atoms with Crippen LogP contribution in [0.5, 0.6) is 5.75 Å². The quantitative estimate of drug-likeness (QED) is 0.427. The Morgan fingerprint density at radius 3 is 2.65 bits per heavy atom. The minimum absolute atomic E-state index is 0.0362. The van der Waals surface area contributed by atoms with Crippen molar-refractivity contribution in [1.82, 2.24) is 10.1 Å². The van der Waals surface area contributed by atoms with Crippen molar-refractivity contribution in [2.75, 3.05) is 13.6 Å². The molecule has 0 N–H and O–H groups in total. The molecule has 31 heavy (non-hydrogen) atoms. The van der Waals surface area contributed by atoms with Gasteiger partial charge in [0, 0.05) is 24.1 Å². The number of allylic oxidation sites excluding steroid dienone is 1. The lowest BCUT2D eigenvalue weighted by Gasteiger charge is -2.15. The molecule has 0 atom stereocenters. The molecule has 2 aromatic carbocycles. The molecule has 0 spiro atoms. The van der Waals surface area contributed by atoms with Crippen molar-refractivity contribution in [2.24, 2.45) is 5.41 Å². The van der Waals surface area contributed by atoms with Crippen LogP contribution in [-0.4, -0.2) is 23.6 Å². The van der Waals surface area contributed by atoms with E-state index in [1.54, 1.807) is 12.5 Å². The molecule has 4 nitrogen and oxygen atoms in total. The molecule has 0 aliphatic rings. The Hall–Kier alpha value is -3.29. The van der Waals surface area contributed by atoms with Crippen LogP contribution in [0, 0.1) is 17.3 Å². The summed E-state index contributed by atoms with van der Waals surface area (Å²) in [4.78, 5) is 2.25. The fourth-order valence-corrected chi connectivity index (χ4v) is 3.01. The second kappa shape index (κ2) is 10.7. The minimum atomic E-state index is 0.0362. The highest BCUT2D eigenvalue weighted by Crippen LogP contribution is 2.21. The Morgan fingerprint density at radius 2 is 1.87 bits per heavy atom. The van der Waals surface area contributed by atoms with Crippen LogP contribution < -0.4 is 4.74 Å². The number of hydrogen-bond acceptors (Lipinski definition) is 4. The fourth-order valence-electron chi connectivity index (χ4n) is 3.01. The largest absolute Gasteiger partial charge is 0.489 e. The minimum Gasteiger partial charge on any atom is -0.489 e. The predicted molar refractivity (Wildman–Crippen MR) is 125 cm³/mol. The molecule has 0 saturated heterocycles. The molecule has 0 aliphatic heterocycles. The Morgan fingerprint density at radius 1 is 1.06 bits per heavy atom. The summed E-state index contributed by atoms with van der Waals surface area (Å²) in [5.74, 6) is 7.19. The number of likely N-dealkylation sites (N-methyl/N-ethyl adjacent to an activating group) is 1. The Labute approximate surface area is 185 Å². The van der Waals surface area contributed by atoms with Gasteiger partial charge in [0.15, 0.2) is 0 Å². The first-order valence-corrected chi connectivity index (χ1v) is 10.5. The molecule has 1 heterocycles. The summed E-state index contributed by atoms with van der Waals surface area (Å²) in [6, 6.07) is 16.5. The van der Waals surface area contributed by atoms with Crippen LogP contribution in [-0.2, 0) is 13.2 Å². The Balaban J connectivity index is 1.53. The van der Waals surface area contributed by atoms with Crippen LogP contribution in [0.25, 0.3) is 11.1 Å². The summed E-state index contributed by atoms with van der Waals surface area (Å²) >= 11 is 0. The average molecular weight is 415 g/mol. The fraction of sp³-hybridized carbons (Fsp3) is 0.296. The number of benzene rings is 2. The Bertz CT molecular complexity index is 1050. The van der Waals surface area contributed by atoms with E-state index in [1.165, 1.54) is 5.56 Å². The van der Waals surface area contributed by atoms with Crippen LogP contribution in [0.1, 0.15) is 31.9 Å². The zero-order valence-electron chi connectivity index (χ0n) is 18.8. The summed E-state index contributed by atoms with van der Waals surface area (Å²) in [7, 11) is 2.10. The second-order valence-corrected chi connectivity index (χ2v) is 8.67. The third-order valence-electron chi connectivity index (χ3n) is 4.51. The number of rotatable bonds is 8. The molecule has 1 aromatic heterocycles. The van der Waals surface area contributed by atoms with Crippen molar-refractivity contribution in [3.63, 3.8) is 0 Å². The van der Waals surface area contributed by atoms with Gasteiger partial charge in [0.1, 0.15) is 18.6 Å². The lowest BCUT2D eigenvalue weighted by molar-refractivity contribution is 0.304. The molecule has 0 unspecified atom stereocenters. The van der Waals surface area contributed by atoms with E-state index in [4.69, 9.17) is 9.26 Å². The van der Waals surface area contributed by atoms with Gasteiger partial charge in [-0.2, -0.15) is 0 Å². The van der Waals surface area contributed by atoms with Gasteiger partial charge >= 0.3 is 0 Å². The van der Waals surface area contributed by atoms with E-state index in [9.17, 15) is 0 Å². The van der Waals surface area contributed by atoms with Crippen molar-refractivity contribution < 1.29 is 9.26 Å². The predicted octanol–water partition coefficient (Wildman–Crippen LogP) is 5.96. The van der Waals surface area contributed by atoms with Crippen LogP contribution in [0.2, 0.25) is 0 Å². The Kier molecular flexibility index (Phi) is 7.70. The molecule has 0 bridgehead atoms. The van der Waals surface area contributed by atoms with Gasteiger partial charge < -0.3 is 9.26 Å². The smallest absolute Gasteiger partial charge is 0.131 e. The molecule has 160 valence electrons. The first kappa shape index (κ1) is 22.4. The highest BCUT2D eigenvalue weighted by Gasteiger charge is 2.05. The standard InChI is InChI=1S/C27H30N2O2/c1-27(2,3)14-6-5-7-15-29(4)19-22-10-9-13-26(17-22)30-20-23-11-8-12-24(16-23)25-18-28-31-21-25/h5,7-13,16-18,21H,15,19-20H2,1-4H3. The van der Waals surface area contributed by atoms with Gasteiger partial charge in [-0.15, -0.1) is 0 Å². The molecule has 3 aromatic rings. The third-order valence-corrected chi connectivity index (χ3v) is 4.51. The van der Waals surface area contributed by atoms with E-state index in [0.29, 0.717) is 6.61 Å². The molecular weight excluding hydrogens is 384 g/mol. The normalized spacial score (nSPS) is 11.5. The zero-order valence-corrected chi connectivity index (χ0v) is 18.8. The molecule has 0 aliphatic carbocycles. The van der Waals surface area contributed by atoms with Crippen molar-refractivity contribution in [2.45, 2.75) is 33.9 Å². The number of nitrogens with zero attached hydrogens (tertiary/aromatic N) is 2. The van der Waals surface area contributed by atoms with E-state index >= 15 is 0 Å². The van der Waals surface area contributed by atoms with Gasteiger partial charge in [-0.05, 0) is 68.8 Å². The van der Waals surface area contributed by atoms with E-state index < -0.39 is 0 Å². The highest BCUT2D eigenvalue weighted by molar-refractivity contribution is 5.61. The van der Waals surface area contributed by atoms with Crippen LogP contribution >= 0.6 is 0 Å². The van der Waals surface area contributed by atoms with Crippen molar-refractivity contribution in [3.8, 4) is 28.7 Å². The number of hydrogen-bond donors (Lipinski definition) is 0. The molecule has 4 heteroatoms. The van der Waals surface area contributed by atoms with Crippen LogP contribution in [0.3, 0.4) is 0 Å². The summed E-state index contributed by atoms with van der Waals surface area (Å²) in [5.41, 5.74) is 4.38. The molecule has 0 radical (unpaired) electrons. The van der Waals surface area contributed by atoms with Gasteiger partial charge in [-0.25, -0.2) is 0 Å². The first-order chi connectivity index (χ1) is 14.9. The van der Waals surface area contributed by atoms with Crippen molar-refractivity contribution >= 4 is 0 Å². The maximum absolute atomic E-state index is 6.04.